The zero-order valence-corrected chi connectivity index (χ0v) is 17.7. The van der Waals surface area contributed by atoms with Crippen LogP contribution in [0.5, 0.6) is 11.5 Å². The summed E-state index contributed by atoms with van der Waals surface area (Å²) >= 11 is 1.40. The number of rotatable bonds is 7. The molecular formula is C23H24N2O3S. The highest BCUT2D eigenvalue weighted by molar-refractivity contribution is 7.14. The summed E-state index contributed by atoms with van der Waals surface area (Å²) in [4.78, 5) is 16.8. The number of carbonyl (C=O) groups excluding carboxylic acids is 1. The fraction of sp³-hybridized carbons (Fsp3) is 0.217. The van der Waals surface area contributed by atoms with E-state index in [1.165, 1.54) is 23.0 Å². The molecule has 150 valence electrons. The zero-order valence-electron chi connectivity index (χ0n) is 16.9. The third-order valence-corrected chi connectivity index (χ3v) is 5.20. The molecule has 3 aromatic rings. The van der Waals surface area contributed by atoms with Crippen LogP contribution in [0.25, 0.3) is 17.3 Å². The minimum Gasteiger partial charge on any atom is -0.493 e. The lowest BCUT2D eigenvalue weighted by molar-refractivity contribution is -0.111. The highest BCUT2D eigenvalue weighted by Crippen LogP contribution is 2.28. The van der Waals surface area contributed by atoms with Crippen LogP contribution in [0.2, 0.25) is 0 Å². The van der Waals surface area contributed by atoms with Crippen LogP contribution in [0, 0.1) is 0 Å². The standard InChI is InChI=1S/C23H24N2O3S/c1-15(2)17-7-9-18(10-8-17)19-14-29-23(24-19)25-22(26)12-6-16-5-11-20(27-3)21(13-16)28-4/h5-15H,1-4H3,(H,24,25,26)/b12-6+. The van der Waals surface area contributed by atoms with Gasteiger partial charge in [-0.15, -0.1) is 11.3 Å². The Bertz CT molecular complexity index is 1010. The predicted molar refractivity (Wildman–Crippen MR) is 119 cm³/mol. The predicted octanol–water partition coefficient (Wildman–Crippen LogP) is 5.60. The molecule has 0 aliphatic rings. The molecule has 3 rings (SSSR count). The third-order valence-electron chi connectivity index (χ3n) is 4.44. The molecule has 0 unspecified atom stereocenters. The number of hydrogen-bond donors (Lipinski definition) is 1. The van der Waals surface area contributed by atoms with Crippen molar-refractivity contribution in [2.24, 2.45) is 0 Å². The Balaban J connectivity index is 1.65. The Morgan fingerprint density at radius 1 is 1.07 bits per heavy atom. The lowest BCUT2D eigenvalue weighted by Crippen LogP contribution is -2.07. The average molecular weight is 409 g/mol. The van der Waals surface area contributed by atoms with Crippen molar-refractivity contribution in [3.63, 3.8) is 0 Å². The van der Waals surface area contributed by atoms with Gasteiger partial charge in [0.1, 0.15) is 0 Å². The molecule has 0 spiro atoms. The molecule has 0 aliphatic carbocycles. The van der Waals surface area contributed by atoms with E-state index in [-0.39, 0.29) is 5.91 Å². The molecule has 0 radical (unpaired) electrons. The van der Waals surface area contributed by atoms with Gasteiger partial charge in [-0.05, 0) is 35.3 Å². The van der Waals surface area contributed by atoms with Gasteiger partial charge in [0.05, 0.1) is 19.9 Å². The Labute approximate surface area is 175 Å². The summed E-state index contributed by atoms with van der Waals surface area (Å²) in [7, 11) is 3.16. The van der Waals surface area contributed by atoms with Crippen molar-refractivity contribution in [1.29, 1.82) is 0 Å². The number of nitrogens with one attached hydrogen (secondary N) is 1. The van der Waals surface area contributed by atoms with Gasteiger partial charge in [0.25, 0.3) is 0 Å². The number of nitrogens with zero attached hydrogens (tertiary/aromatic N) is 1. The minimum absolute atomic E-state index is 0.240. The average Bonchev–Trinajstić information content (AvgIpc) is 3.20. The van der Waals surface area contributed by atoms with Crippen molar-refractivity contribution >= 4 is 28.5 Å². The van der Waals surface area contributed by atoms with Gasteiger partial charge in [0.2, 0.25) is 5.91 Å². The molecule has 6 heteroatoms. The van der Waals surface area contributed by atoms with Gasteiger partial charge >= 0.3 is 0 Å². The highest BCUT2D eigenvalue weighted by Gasteiger charge is 2.08. The van der Waals surface area contributed by atoms with Gasteiger partial charge in [-0.3, -0.25) is 10.1 Å². The van der Waals surface area contributed by atoms with E-state index < -0.39 is 0 Å². The third kappa shape index (κ3) is 5.23. The summed E-state index contributed by atoms with van der Waals surface area (Å²) in [5.41, 5.74) is 4.01. The number of hydrogen-bond acceptors (Lipinski definition) is 5. The number of thiazole rings is 1. The second-order valence-electron chi connectivity index (χ2n) is 6.75. The first-order valence-corrected chi connectivity index (χ1v) is 10.1. The fourth-order valence-corrected chi connectivity index (χ4v) is 3.50. The van der Waals surface area contributed by atoms with Gasteiger partial charge in [-0.2, -0.15) is 0 Å². The second-order valence-corrected chi connectivity index (χ2v) is 7.61. The summed E-state index contributed by atoms with van der Waals surface area (Å²) in [6.45, 7) is 4.34. The first-order chi connectivity index (χ1) is 14.0. The van der Waals surface area contributed by atoms with E-state index in [9.17, 15) is 4.79 Å². The molecule has 0 bridgehead atoms. The largest absolute Gasteiger partial charge is 0.493 e. The van der Waals surface area contributed by atoms with E-state index in [0.717, 1.165) is 16.8 Å². The van der Waals surface area contributed by atoms with Gasteiger partial charge in [-0.25, -0.2) is 4.98 Å². The van der Waals surface area contributed by atoms with E-state index in [1.807, 2.05) is 17.5 Å². The number of carbonyl (C=O) groups is 1. The molecule has 0 saturated carbocycles. The zero-order chi connectivity index (χ0) is 20.8. The molecule has 0 aliphatic heterocycles. The Kier molecular flexibility index (Phi) is 6.67. The number of amides is 1. The van der Waals surface area contributed by atoms with E-state index in [0.29, 0.717) is 22.5 Å². The summed E-state index contributed by atoms with van der Waals surface area (Å²) in [5, 5.41) is 5.32. The van der Waals surface area contributed by atoms with Crippen molar-refractivity contribution in [1.82, 2.24) is 4.98 Å². The first-order valence-electron chi connectivity index (χ1n) is 9.27. The summed E-state index contributed by atoms with van der Waals surface area (Å²) in [5.74, 6) is 1.51. The lowest BCUT2D eigenvalue weighted by Gasteiger charge is -2.07. The van der Waals surface area contributed by atoms with Crippen LogP contribution in [0.3, 0.4) is 0 Å². The molecule has 0 saturated heterocycles. The van der Waals surface area contributed by atoms with Crippen LogP contribution in [0.15, 0.2) is 53.9 Å². The van der Waals surface area contributed by atoms with Crippen molar-refractivity contribution in [2.75, 3.05) is 19.5 Å². The molecule has 1 N–H and O–H groups in total. The maximum absolute atomic E-state index is 12.2. The van der Waals surface area contributed by atoms with E-state index in [2.05, 4.69) is 48.4 Å². The van der Waals surface area contributed by atoms with Crippen molar-refractivity contribution < 1.29 is 14.3 Å². The Morgan fingerprint density at radius 2 is 1.79 bits per heavy atom. The molecule has 0 fully saturated rings. The van der Waals surface area contributed by atoms with Gasteiger partial charge < -0.3 is 9.47 Å². The van der Waals surface area contributed by atoms with Crippen molar-refractivity contribution in [3.05, 3.63) is 65.0 Å². The molecule has 2 aromatic carbocycles. The maximum atomic E-state index is 12.2. The summed E-state index contributed by atoms with van der Waals surface area (Å²) < 4.78 is 10.5. The number of benzene rings is 2. The van der Waals surface area contributed by atoms with Gasteiger partial charge in [-0.1, -0.05) is 44.2 Å². The number of aromatic nitrogens is 1. The molecule has 1 heterocycles. The van der Waals surface area contributed by atoms with E-state index >= 15 is 0 Å². The first kappa shape index (κ1) is 20.6. The second kappa shape index (κ2) is 9.39. The molecule has 0 atom stereocenters. The summed E-state index contributed by atoms with van der Waals surface area (Å²) in [6.07, 6.45) is 3.19. The van der Waals surface area contributed by atoms with Gasteiger partial charge in [0, 0.05) is 17.0 Å². The smallest absolute Gasteiger partial charge is 0.250 e. The quantitative estimate of drug-likeness (QED) is 0.517. The van der Waals surface area contributed by atoms with Crippen LogP contribution in [-0.2, 0) is 4.79 Å². The normalized spacial score (nSPS) is 11.1. The Morgan fingerprint density at radius 3 is 2.45 bits per heavy atom. The van der Waals surface area contributed by atoms with Gasteiger partial charge in [0.15, 0.2) is 16.6 Å². The number of anilines is 1. The lowest BCUT2D eigenvalue weighted by atomic mass is 10.0. The fourth-order valence-electron chi connectivity index (χ4n) is 2.78. The number of ether oxygens (including phenoxy) is 2. The molecule has 1 amide bonds. The highest BCUT2D eigenvalue weighted by atomic mass is 32.1. The molecule has 5 nitrogen and oxygen atoms in total. The van der Waals surface area contributed by atoms with Crippen LogP contribution in [0.1, 0.15) is 30.9 Å². The molecule has 29 heavy (non-hydrogen) atoms. The topological polar surface area (TPSA) is 60.5 Å². The van der Waals surface area contributed by atoms with Crippen LogP contribution in [0.4, 0.5) is 5.13 Å². The van der Waals surface area contributed by atoms with Crippen molar-refractivity contribution in [3.8, 4) is 22.8 Å². The van der Waals surface area contributed by atoms with E-state index in [1.54, 1.807) is 26.4 Å². The Hall–Kier alpha value is -3.12. The van der Waals surface area contributed by atoms with Crippen LogP contribution in [-0.4, -0.2) is 25.1 Å². The minimum atomic E-state index is -0.240. The van der Waals surface area contributed by atoms with Crippen molar-refractivity contribution in [2.45, 2.75) is 19.8 Å². The number of methoxy groups -OCH3 is 2. The molecule has 1 aromatic heterocycles. The van der Waals surface area contributed by atoms with E-state index in [4.69, 9.17) is 9.47 Å². The SMILES string of the molecule is COc1ccc(/C=C/C(=O)Nc2nc(-c3ccc(C(C)C)cc3)cs2)cc1OC. The monoisotopic (exact) mass is 408 g/mol. The van der Waals surface area contributed by atoms with Crippen LogP contribution < -0.4 is 14.8 Å². The van der Waals surface area contributed by atoms with Crippen LogP contribution >= 0.6 is 11.3 Å². The summed E-state index contributed by atoms with van der Waals surface area (Å²) in [6, 6.07) is 13.8. The maximum Gasteiger partial charge on any atom is 0.250 e. The molecular weight excluding hydrogens is 384 g/mol.